The second-order valence-corrected chi connectivity index (χ2v) is 7.42. The third kappa shape index (κ3) is 2.51. The minimum atomic E-state index is -3.16. The zero-order chi connectivity index (χ0) is 10.3. The molecule has 0 aromatic heterocycles. The molecule has 0 N–H and O–H groups in total. The number of nitrogens with zero attached hydrogens (tertiary/aromatic N) is 1. The Kier molecular flexibility index (Phi) is 2.85. The highest BCUT2D eigenvalue weighted by Crippen LogP contribution is 2.23. The van der Waals surface area contributed by atoms with Gasteiger partial charge in [-0.05, 0) is 13.8 Å². The predicted molar refractivity (Wildman–Crippen MR) is 53.5 cm³/mol. The third-order valence-corrected chi connectivity index (χ3v) is 5.26. The van der Waals surface area contributed by atoms with Gasteiger partial charge in [-0.15, -0.1) is 0 Å². The van der Waals surface area contributed by atoms with Gasteiger partial charge >= 0.3 is 0 Å². The van der Waals surface area contributed by atoms with Crippen molar-refractivity contribution in [2.24, 2.45) is 0 Å². The van der Waals surface area contributed by atoms with Gasteiger partial charge in [-0.1, -0.05) is 0 Å². The van der Waals surface area contributed by atoms with E-state index in [-0.39, 0.29) is 0 Å². The van der Waals surface area contributed by atoms with Gasteiger partial charge in [0.15, 0.2) is 0 Å². The molecule has 1 saturated heterocycles. The van der Waals surface area contributed by atoms with Crippen LogP contribution in [0.1, 0.15) is 13.8 Å². The fourth-order valence-electron chi connectivity index (χ4n) is 1.64. The molecule has 0 radical (unpaired) electrons. The summed E-state index contributed by atoms with van der Waals surface area (Å²) >= 11 is 0. The van der Waals surface area contributed by atoms with Crippen molar-refractivity contribution in [3.05, 3.63) is 0 Å². The van der Waals surface area contributed by atoms with Gasteiger partial charge in [-0.25, -0.2) is 8.42 Å². The first-order valence-electron chi connectivity index (χ1n) is 4.06. The van der Waals surface area contributed by atoms with Crippen molar-refractivity contribution in [3.8, 4) is 0 Å². The maximum atomic E-state index is 11.3. The number of sulfonamides is 1. The van der Waals surface area contributed by atoms with Crippen LogP contribution in [0.4, 0.5) is 0 Å². The summed E-state index contributed by atoms with van der Waals surface area (Å²) in [6.45, 7) is 3.99. The van der Waals surface area contributed by atoms with Crippen LogP contribution in [-0.4, -0.2) is 46.8 Å². The van der Waals surface area contributed by atoms with E-state index in [4.69, 9.17) is 0 Å². The molecule has 0 aromatic carbocycles. The third-order valence-electron chi connectivity index (χ3n) is 2.11. The van der Waals surface area contributed by atoms with Crippen molar-refractivity contribution in [1.29, 1.82) is 0 Å². The molecule has 0 aliphatic carbocycles. The molecule has 6 heteroatoms. The van der Waals surface area contributed by atoms with Crippen LogP contribution in [0.2, 0.25) is 0 Å². The van der Waals surface area contributed by atoms with Crippen molar-refractivity contribution in [2.45, 2.75) is 19.4 Å². The SMILES string of the molecule is CC1(C)CS(=O)CCN1S(C)(=O)=O. The van der Waals surface area contributed by atoms with Crippen LogP contribution in [0.5, 0.6) is 0 Å². The summed E-state index contributed by atoms with van der Waals surface area (Å²) < 4.78 is 35.3. The highest BCUT2D eigenvalue weighted by atomic mass is 32.2. The van der Waals surface area contributed by atoms with Gasteiger partial charge in [0.05, 0.1) is 6.26 Å². The first-order valence-corrected chi connectivity index (χ1v) is 7.40. The molecule has 1 aliphatic heterocycles. The summed E-state index contributed by atoms with van der Waals surface area (Å²) in [4.78, 5) is 0. The Morgan fingerprint density at radius 3 is 2.31 bits per heavy atom. The summed E-state index contributed by atoms with van der Waals surface area (Å²) in [6.07, 6.45) is 1.20. The summed E-state index contributed by atoms with van der Waals surface area (Å²) in [5, 5.41) is 0. The van der Waals surface area contributed by atoms with E-state index in [1.807, 2.05) is 13.8 Å². The maximum Gasteiger partial charge on any atom is 0.211 e. The van der Waals surface area contributed by atoms with E-state index >= 15 is 0 Å². The van der Waals surface area contributed by atoms with E-state index in [1.165, 1.54) is 10.6 Å². The van der Waals surface area contributed by atoms with Crippen LogP contribution in [-0.2, 0) is 20.8 Å². The molecule has 0 amide bonds. The molecule has 1 fully saturated rings. The van der Waals surface area contributed by atoms with E-state index in [1.54, 1.807) is 0 Å². The van der Waals surface area contributed by atoms with Crippen molar-refractivity contribution in [2.75, 3.05) is 24.3 Å². The Balaban J connectivity index is 2.95. The Hall–Kier alpha value is 0.0600. The van der Waals surface area contributed by atoms with Gasteiger partial charge in [-0.3, -0.25) is 4.21 Å². The highest BCUT2D eigenvalue weighted by molar-refractivity contribution is 7.89. The van der Waals surface area contributed by atoms with Crippen LogP contribution in [0.25, 0.3) is 0 Å². The molecule has 1 aliphatic rings. The van der Waals surface area contributed by atoms with E-state index in [2.05, 4.69) is 0 Å². The lowest BCUT2D eigenvalue weighted by Crippen LogP contribution is -2.55. The highest BCUT2D eigenvalue weighted by Gasteiger charge is 2.38. The molecule has 1 unspecified atom stereocenters. The quantitative estimate of drug-likeness (QED) is 0.620. The monoisotopic (exact) mass is 225 g/mol. The summed E-state index contributed by atoms with van der Waals surface area (Å²) in [6, 6.07) is 0. The molecule has 0 spiro atoms. The largest absolute Gasteiger partial charge is 0.259 e. The van der Waals surface area contributed by atoms with Gasteiger partial charge in [0.25, 0.3) is 0 Å². The second kappa shape index (κ2) is 3.33. The van der Waals surface area contributed by atoms with E-state index < -0.39 is 26.4 Å². The molecular weight excluding hydrogens is 210 g/mol. The lowest BCUT2D eigenvalue weighted by molar-refractivity contribution is 0.257. The zero-order valence-corrected chi connectivity index (χ0v) is 9.74. The smallest absolute Gasteiger partial charge is 0.211 e. The molecule has 0 bridgehead atoms. The molecule has 78 valence electrons. The van der Waals surface area contributed by atoms with Gasteiger partial charge in [-0.2, -0.15) is 4.31 Å². The van der Waals surface area contributed by atoms with Crippen LogP contribution in [0.3, 0.4) is 0 Å². The predicted octanol–water partition coefficient (Wildman–Crippen LogP) is -0.211. The molecule has 1 atom stereocenters. The topological polar surface area (TPSA) is 54.5 Å². The van der Waals surface area contributed by atoms with Crippen LogP contribution < -0.4 is 0 Å². The average molecular weight is 225 g/mol. The number of hydrogen-bond donors (Lipinski definition) is 0. The maximum absolute atomic E-state index is 11.3. The lowest BCUT2D eigenvalue weighted by atomic mass is 10.1. The fraction of sp³-hybridized carbons (Fsp3) is 1.00. The number of hydrogen-bond acceptors (Lipinski definition) is 3. The second-order valence-electron chi connectivity index (χ2n) is 3.94. The van der Waals surface area contributed by atoms with E-state index in [9.17, 15) is 12.6 Å². The molecule has 13 heavy (non-hydrogen) atoms. The Morgan fingerprint density at radius 2 is 1.92 bits per heavy atom. The van der Waals surface area contributed by atoms with Crippen molar-refractivity contribution in [3.63, 3.8) is 0 Å². The summed E-state index contributed by atoms with van der Waals surface area (Å²) in [5.41, 5.74) is -0.503. The van der Waals surface area contributed by atoms with Crippen LogP contribution in [0, 0.1) is 0 Å². The molecule has 0 aromatic rings. The minimum Gasteiger partial charge on any atom is -0.259 e. The normalized spacial score (nSPS) is 30.2. The Bertz CT molecular complexity index is 321. The average Bonchev–Trinajstić information content (AvgIpc) is 1.79. The van der Waals surface area contributed by atoms with Crippen LogP contribution in [0.15, 0.2) is 0 Å². The van der Waals surface area contributed by atoms with Crippen LogP contribution >= 0.6 is 0 Å². The Morgan fingerprint density at radius 1 is 1.38 bits per heavy atom. The summed E-state index contributed by atoms with van der Waals surface area (Å²) in [7, 11) is -4.03. The van der Waals surface area contributed by atoms with E-state index in [0.29, 0.717) is 18.1 Å². The fourth-order valence-corrected chi connectivity index (χ4v) is 4.70. The van der Waals surface area contributed by atoms with E-state index in [0.717, 1.165) is 0 Å². The van der Waals surface area contributed by atoms with Gasteiger partial charge in [0, 0.05) is 34.4 Å². The van der Waals surface area contributed by atoms with Gasteiger partial charge < -0.3 is 0 Å². The van der Waals surface area contributed by atoms with Gasteiger partial charge in [0.1, 0.15) is 0 Å². The first-order chi connectivity index (χ1) is 5.73. The molecule has 1 heterocycles. The molecule has 1 rings (SSSR count). The van der Waals surface area contributed by atoms with Crippen molar-refractivity contribution in [1.82, 2.24) is 4.31 Å². The molecule has 4 nitrogen and oxygen atoms in total. The standard InChI is InChI=1S/C7H15NO3S2/c1-7(2)6-12(9)5-4-8(7)13(3,10)11/h4-6H2,1-3H3. The van der Waals surface area contributed by atoms with Crippen molar-refractivity contribution >= 4 is 20.8 Å². The zero-order valence-electron chi connectivity index (χ0n) is 8.11. The molecule has 0 saturated carbocycles. The number of rotatable bonds is 1. The molecular formula is C7H15NO3S2. The summed E-state index contributed by atoms with van der Waals surface area (Å²) in [5.74, 6) is 0.885. The first kappa shape index (κ1) is 11.1. The minimum absolute atomic E-state index is 0.373. The van der Waals surface area contributed by atoms with Gasteiger partial charge in [0.2, 0.25) is 10.0 Å². The van der Waals surface area contributed by atoms with Crippen molar-refractivity contribution < 1.29 is 12.6 Å². The lowest BCUT2D eigenvalue weighted by Gasteiger charge is -2.39. The Labute approximate surface area is 81.8 Å².